The van der Waals surface area contributed by atoms with Crippen LogP contribution in [0.3, 0.4) is 0 Å². The average molecular weight is 264 g/mol. The largest absolute Gasteiger partial charge is 0.384 e. The van der Waals surface area contributed by atoms with Crippen molar-refractivity contribution in [2.24, 2.45) is 5.73 Å². The Bertz CT molecular complexity index is 440. The minimum atomic E-state index is -0.427. The highest BCUT2D eigenvalue weighted by molar-refractivity contribution is 5.95. The van der Waals surface area contributed by atoms with Crippen molar-refractivity contribution in [1.82, 2.24) is 0 Å². The molecule has 0 atom stereocenters. The van der Waals surface area contributed by atoms with Crippen molar-refractivity contribution in [3.8, 4) is 0 Å². The lowest BCUT2D eigenvalue weighted by molar-refractivity contribution is 0.0295. The van der Waals surface area contributed by atoms with Gasteiger partial charge in [-0.3, -0.25) is 5.41 Å². The lowest BCUT2D eigenvalue weighted by Gasteiger charge is -2.16. The molecule has 1 aromatic carbocycles. The van der Waals surface area contributed by atoms with Gasteiger partial charge in [0.15, 0.2) is 0 Å². The summed E-state index contributed by atoms with van der Waals surface area (Å²) >= 11 is 0. The first-order valence-corrected chi connectivity index (χ1v) is 6.92. The molecule has 0 saturated heterocycles. The van der Waals surface area contributed by atoms with Gasteiger partial charge in [-0.2, -0.15) is 0 Å². The topological polar surface area (TPSA) is 59.1 Å². The molecule has 0 unspecified atom stereocenters. The Kier molecular flexibility index (Phi) is 4.91. The fourth-order valence-corrected chi connectivity index (χ4v) is 2.52. The Morgan fingerprint density at radius 3 is 2.58 bits per heavy atom. The first kappa shape index (κ1) is 14.0. The van der Waals surface area contributed by atoms with Gasteiger partial charge in [0.2, 0.25) is 0 Å². The average Bonchev–Trinajstić information content (AvgIpc) is 2.66. The number of nitrogen functional groups attached to an aromatic ring is 1. The van der Waals surface area contributed by atoms with E-state index < -0.39 is 5.82 Å². The first-order chi connectivity index (χ1) is 9.18. The standard InChI is InChI=1S/C15H21FN2O/c16-14-11(6-5-9-13(14)15(17)18)10-19-12-7-3-1-2-4-8-12/h5-6,9,12H,1-4,7-8,10H2,(H3,17,18). The second kappa shape index (κ2) is 6.66. The number of hydrogen-bond donors (Lipinski definition) is 2. The van der Waals surface area contributed by atoms with Crippen LogP contribution in [0.5, 0.6) is 0 Å². The smallest absolute Gasteiger partial charge is 0.139 e. The second-order valence-corrected chi connectivity index (χ2v) is 5.12. The van der Waals surface area contributed by atoms with E-state index in [0.717, 1.165) is 12.8 Å². The number of rotatable bonds is 4. The summed E-state index contributed by atoms with van der Waals surface area (Å²) in [4.78, 5) is 0. The zero-order valence-corrected chi connectivity index (χ0v) is 11.1. The van der Waals surface area contributed by atoms with Gasteiger partial charge in [-0.15, -0.1) is 0 Å². The fraction of sp³-hybridized carbons (Fsp3) is 0.533. The molecule has 1 aliphatic carbocycles. The third-order valence-electron chi connectivity index (χ3n) is 3.65. The van der Waals surface area contributed by atoms with Crippen LogP contribution in [0.15, 0.2) is 18.2 Å². The summed E-state index contributed by atoms with van der Waals surface area (Å²) in [5.74, 6) is -0.669. The minimum Gasteiger partial charge on any atom is -0.384 e. The molecule has 0 amide bonds. The van der Waals surface area contributed by atoms with E-state index >= 15 is 0 Å². The molecule has 104 valence electrons. The lowest BCUT2D eigenvalue weighted by Crippen LogP contribution is -2.16. The molecule has 0 radical (unpaired) electrons. The van der Waals surface area contributed by atoms with Crippen molar-refractivity contribution in [3.63, 3.8) is 0 Å². The number of nitrogens with one attached hydrogen (secondary N) is 1. The van der Waals surface area contributed by atoms with Gasteiger partial charge in [-0.05, 0) is 18.9 Å². The summed E-state index contributed by atoms with van der Waals surface area (Å²) in [5, 5.41) is 7.33. The van der Waals surface area contributed by atoms with Gasteiger partial charge in [-0.1, -0.05) is 37.8 Å². The number of nitrogens with two attached hydrogens (primary N) is 1. The molecule has 1 saturated carbocycles. The van der Waals surface area contributed by atoms with Crippen molar-refractivity contribution >= 4 is 5.84 Å². The van der Waals surface area contributed by atoms with E-state index in [-0.39, 0.29) is 24.1 Å². The second-order valence-electron chi connectivity index (χ2n) is 5.12. The normalized spacial score (nSPS) is 17.1. The monoisotopic (exact) mass is 264 g/mol. The Balaban J connectivity index is 1.99. The third-order valence-corrected chi connectivity index (χ3v) is 3.65. The SMILES string of the molecule is N=C(N)c1cccc(COC2CCCCCC2)c1F. The number of halogens is 1. The van der Waals surface area contributed by atoms with Crippen molar-refractivity contribution in [2.45, 2.75) is 51.2 Å². The van der Waals surface area contributed by atoms with Gasteiger partial charge in [0.25, 0.3) is 0 Å². The molecular formula is C15H21FN2O. The van der Waals surface area contributed by atoms with Gasteiger partial charge < -0.3 is 10.5 Å². The van der Waals surface area contributed by atoms with Crippen LogP contribution >= 0.6 is 0 Å². The number of ether oxygens (including phenoxy) is 1. The zero-order valence-electron chi connectivity index (χ0n) is 11.1. The Morgan fingerprint density at radius 2 is 1.95 bits per heavy atom. The Labute approximate surface area is 113 Å². The van der Waals surface area contributed by atoms with Gasteiger partial charge in [0, 0.05) is 5.56 Å². The van der Waals surface area contributed by atoms with Gasteiger partial charge in [0.05, 0.1) is 18.3 Å². The first-order valence-electron chi connectivity index (χ1n) is 6.92. The highest BCUT2D eigenvalue weighted by Crippen LogP contribution is 2.22. The lowest BCUT2D eigenvalue weighted by atomic mass is 10.1. The summed E-state index contributed by atoms with van der Waals surface area (Å²) in [6.07, 6.45) is 7.30. The van der Waals surface area contributed by atoms with Gasteiger partial charge in [0.1, 0.15) is 11.7 Å². The quantitative estimate of drug-likeness (QED) is 0.498. The number of benzene rings is 1. The maximum Gasteiger partial charge on any atom is 0.139 e. The van der Waals surface area contributed by atoms with Crippen molar-refractivity contribution in [1.29, 1.82) is 5.41 Å². The molecule has 0 aliphatic heterocycles. The molecule has 1 fully saturated rings. The predicted octanol–water partition coefficient (Wildman–Crippen LogP) is 3.35. The van der Waals surface area contributed by atoms with Crippen LogP contribution in [-0.2, 0) is 11.3 Å². The number of amidine groups is 1. The minimum absolute atomic E-state index is 0.155. The highest BCUT2D eigenvalue weighted by atomic mass is 19.1. The van der Waals surface area contributed by atoms with Gasteiger partial charge in [-0.25, -0.2) is 4.39 Å². The van der Waals surface area contributed by atoms with E-state index in [0.29, 0.717) is 5.56 Å². The fourth-order valence-electron chi connectivity index (χ4n) is 2.52. The molecule has 4 heteroatoms. The highest BCUT2D eigenvalue weighted by Gasteiger charge is 2.15. The zero-order chi connectivity index (χ0) is 13.7. The van der Waals surface area contributed by atoms with E-state index in [1.807, 2.05) is 0 Å². The van der Waals surface area contributed by atoms with Crippen LogP contribution in [0, 0.1) is 11.2 Å². The van der Waals surface area contributed by atoms with E-state index in [2.05, 4.69) is 0 Å². The molecule has 1 aliphatic rings. The third kappa shape index (κ3) is 3.77. The summed E-state index contributed by atoms with van der Waals surface area (Å²) in [5.41, 5.74) is 5.98. The molecule has 3 N–H and O–H groups in total. The van der Waals surface area contributed by atoms with Crippen LogP contribution in [0.2, 0.25) is 0 Å². The van der Waals surface area contributed by atoms with Crippen LogP contribution < -0.4 is 5.73 Å². The van der Waals surface area contributed by atoms with Crippen LogP contribution in [0.25, 0.3) is 0 Å². The van der Waals surface area contributed by atoms with Crippen molar-refractivity contribution in [2.75, 3.05) is 0 Å². The number of hydrogen-bond acceptors (Lipinski definition) is 2. The molecule has 0 spiro atoms. The van der Waals surface area contributed by atoms with Crippen LogP contribution in [0.1, 0.15) is 49.7 Å². The van der Waals surface area contributed by atoms with E-state index in [1.165, 1.54) is 31.7 Å². The molecule has 2 rings (SSSR count). The molecule has 0 heterocycles. The predicted molar refractivity (Wildman–Crippen MR) is 73.7 cm³/mol. The Hall–Kier alpha value is -1.42. The van der Waals surface area contributed by atoms with Crippen molar-refractivity contribution < 1.29 is 9.13 Å². The summed E-state index contributed by atoms with van der Waals surface area (Å²) in [7, 11) is 0. The molecular weight excluding hydrogens is 243 g/mol. The molecule has 1 aromatic rings. The summed E-state index contributed by atoms with van der Waals surface area (Å²) in [6, 6.07) is 4.93. The molecule has 0 bridgehead atoms. The van der Waals surface area contributed by atoms with Crippen LogP contribution in [0.4, 0.5) is 4.39 Å². The molecule has 19 heavy (non-hydrogen) atoms. The van der Waals surface area contributed by atoms with E-state index in [9.17, 15) is 4.39 Å². The maximum atomic E-state index is 14.1. The maximum absolute atomic E-state index is 14.1. The molecule has 3 nitrogen and oxygen atoms in total. The van der Waals surface area contributed by atoms with E-state index in [1.54, 1.807) is 12.1 Å². The van der Waals surface area contributed by atoms with Gasteiger partial charge >= 0.3 is 0 Å². The van der Waals surface area contributed by atoms with E-state index in [4.69, 9.17) is 15.9 Å². The molecule has 0 aromatic heterocycles. The summed E-state index contributed by atoms with van der Waals surface area (Å²) < 4.78 is 19.9. The van der Waals surface area contributed by atoms with Crippen LogP contribution in [-0.4, -0.2) is 11.9 Å². The Morgan fingerprint density at radius 1 is 1.26 bits per heavy atom. The summed E-state index contributed by atoms with van der Waals surface area (Å²) in [6.45, 7) is 0.262. The van der Waals surface area contributed by atoms with Crippen molar-refractivity contribution in [3.05, 3.63) is 35.1 Å².